The van der Waals surface area contributed by atoms with Crippen LogP contribution >= 0.6 is 0 Å². The Labute approximate surface area is 197 Å². The van der Waals surface area contributed by atoms with Crippen LogP contribution in [0.5, 0.6) is 0 Å². The number of carbonyl (C=O) groups is 1. The molecule has 0 radical (unpaired) electrons. The SMILES string of the molecule is CCCS(=O)(=O)N1CCCC1C(=O)Nc1ccc(N2CCN(Cc3ccccc3)CC2)cc1. The second-order valence-electron chi connectivity index (χ2n) is 8.87. The van der Waals surface area contributed by atoms with Gasteiger partial charge in [0.1, 0.15) is 6.04 Å². The van der Waals surface area contributed by atoms with Gasteiger partial charge in [-0.15, -0.1) is 0 Å². The van der Waals surface area contributed by atoms with Gasteiger partial charge in [-0.25, -0.2) is 8.42 Å². The second-order valence-corrected chi connectivity index (χ2v) is 10.9. The van der Waals surface area contributed by atoms with Gasteiger partial charge in [-0.3, -0.25) is 9.69 Å². The van der Waals surface area contributed by atoms with Crippen LogP contribution in [0.25, 0.3) is 0 Å². The van der Waals surface area contributed by atoms with Gasteiger partial charge in [0.25, 0.3) is 0 Å². The molecule has 8 heteroatoms. The maximum absolute atomic E-state index is 12.8. The molecule has 0 bridgehead atoms. The molecule has 178 valence electrons. The number of sulfonamides is 1. The maximum Gasteiger partial charge on any atom is 0.242 e. The monoisotopic (exact) mass is 470 g/mol. The number of benzene rings is 2. The number of hydrogen-bond donors (Lipinski definition) is 1. The molecule has 7 nitrogen and oxygen atoms in total. The first kappa shape index (κ1) is 23.7. The Hall–Kier alpha value is -2.42. The Balaban J connectivity index is 1.30. The minimum absolute atomic E-state index is 0.0874. The molecule has 2 aromatic carbocycles. The molecular formula is C25H34N4O3S. The van der Waals surface area contributed by atoms with E-state index in [1.165, 1.54) is 9.87 Å². The van der Waals surface area contributed by atoms with Crippen molar-refractivity contribution in [1.82, 2.24) is 9.21 Å². The Bertz CT molecular complexity index is 1020. The van der Waals surface area contributed by atoms with Crippen LogP contribution in [0.1, 0.15) is 31.7 Å². The maximum atomic E-state index is 12.8. The highest BCUT2D eigenvalue weighted by molar-refractivity contribution is 7.89. The summed E-state index contributed by atoms with van der Waals surface area (Å²) in [7, 11) is -3.38. The molecule has 0 aliphatic carbocycles. The molecule has 0 spiro atoms. The zero-order valence-corrected chi connectivity index (χ0v) is 20.1. The van der Waals surface area contributed by atoms with E-state index in [0.29, 0.717) is 25.1 Å². The second kappa shape index (κ2) is 10.7. The number of anilines is 2. The van der Waals surface area contributed by atoms with E-state index >= 15 is 0 Å². The highest BCUT2D eigenvalue weighted by Crippen LogP contribution is 2.25. The number of carbonyl (C=O) groups excluding carboxylic acids is 1. The third kappa shape index (κ3) is 5.93. The van der Waals surface area contributed by atoms with E-state index in [0.717, 1.165) is 44.8 Å². The summed E-state index contributed by atoms with van der Waals surface area (Å²) in [5, 5.41) is 2.92. The lowest BCUT2D eigenvalue weighted by atomic mass is 10.2. The van der Waals surface area contributed by atoms with Gasteiger partial charge in [-0.05, 0) is 49.1 Å². The van der Waals surface area contributed by atoms with Crippen molar-refractivity contribution < 1.29 is 13.2 Å². The van der Waals surface area contributed by atoms with Crippen LogP contribution in [0.15, 0.2) is 54.6 Å². The summed E-state index contributed by atoms with van der Waals surface area (Å²) in [6, 6.07) is 17.8. The highest BCUT2D eigenvalue weighted by Gasteiger charge is 2.38. The number of piperazine rings is 1. The lowest BCUT2D eigenvalue weighted by Gasteiger charge is -2.36. The van der Waals surface area contributed by atoms with Gasteiger partial charge in [-0.1, -0.05) is 37.3 Å². The molecule has 2 heterocycles. The van der Waals surface area contributed by atoms with Crippen LogP contribution < -0.4 is 10.2 Å². The van der Waals surface area contributed by atoms with E-state index in [9.17, 15) is 13.2 Å². The lowest BCUT2D eigenvalue weighted by Crippen LogP contribution is -2.46. The summed E-state index contributed by atoms with van der Waals surface area (Å²) in [4.78, 5) is 17.7. The van der Waals surface area contributed by atoms with E-state index in [2.05, 4.69) is 39.4 Å². The average molecular weight is 471 g/mol. The van der Waals surface area contributed by atoms with Crippen molar-refractivity contribution in [1.29, 1.82) is 0 Å². The van der Waals surface area contributed by atoms with Gasteiger partial charge in [0.2, 0.25) is 15.9 Å². The van der Waals surface area contributed by atoms with E-state index in [4.69, 9.17) is 0 Å². The summed E-state index contributed by atoms with van der Waals surface area (Å²) in [6.07, 6.45) is 1.84. The molecule has 2 fully saturated rings. The standard InChI is InChI=1S/C25H34N4O3S/c1-2-19-33(31,32)29-14-6-9-24(29)25(30)26-22-10-12-23(13-11-22)28-17-15-27(16-18-28)20-21-7-4-3-5-8-21/h3-5,7-8,10-13,24H,2,6,9,14-20H2,1H3,(H,26,30). The Kier molecular flexibility index (Phi) is 7.67. The van der Waals surface area contributed by atoms with Crippen molar-refractivity contribution in [3.8, 4) is 0 Å². The number of rotatable bonds is 8. The zero-order chi connectivity index (χ0) is 23.3. The summed E-state index contributed by atoms with van der Waals surface area (Å²) < 4.78 is 26.3. The first-order valence-corrected chi connectivity index (χ1v) is 13.5. The van der Waals surface area contributed by atoms with E-state index in [-0.39, 0.29) is 11.7 Å². The quantitative estimate of drug-likeness (QED) is 0.642. The van der Waals surface area contributed by atoms with Crippen LogP contribution in [-0.4, -0.2) is 68.0 Å². The predicted molar refractivity (Wildman–Crippen MR) is 133 cm³/mol. The normalized spacial score (nSPS) is 20.2. The van der Waals surface area contributed by atoms with Crippen molar-refractivity contribution in [2.24, 2.45) is 0 Å². The molecule has 33 heavy (non-hydrogen) atoms. The number of hydrogen-bond acceptors (Lipinski definition) is 5. The molecular weight excluding hydrogens is 436 g/mol. The number of nitrogens with zero attached hydrogens (tertiary/aromatic N) is 3. The molecule has 2 aromatic rings. The van der Waals surface area contributed by atoms with Crippen LogP contribution in [0.3, 0.4) is 0 Å². The van der Waals surface area contributed by atoms with Gasteiger partial charge < -0.3 is 10.2 Å². The fourth-order valence-electron chi connectivity index (χ4n) is 4.70. The minimum Gasteiger partial charge on any atom is -0.369 e. The van der Waals surface area contributed by atoms with E-state index < -0.39 is 16.1 Å². The van der Waals surface area contributed by atoms with Crippen molar-refractivity contribution in [2.75, 3.05) is 48.7 Å². The third-order valence-electron chi connectivity index (χ3n) is 6.45. The zero-order valence-electron chi connectivity index (χ0n) is 19.3. The van der Waals surface area contributed by atoms with E-state index in [1.807, 2.05) is 37.3 Å². The average Bonchev–Trinajstić information content (AvgIpc) is 3.32. The van der Waals surface area contributed by atoms with Crippen molar-refractivity contribution in [3.63, 3.8) is 0 Å². The van der Waals surface area contributed by atoms with Gasteiger partial charge in [0.15, 0.2) is 0 Å². The topological polar surface area (TPSA) is 73.0 Å². The van der Waals surface area contributed by atoms with Gasteiger partial charge in [0.05, 0.1) is 5.75 Å². The first-order valence-electron chi connectivity index (χ1n) is 11.9. The third-order valence-corrected chi connectivity index (χ3v) is 8.52. The number of nitrogens with one attached hydrogen (secondary N) is 1. The molecule has 1 N–H and O–H groups in total. The molecule has 2 aliphatic heterocycles. The fraction of sp³-hybridized carbons (Fsp3) is 0.480. The summed E-state index contributed by atoms with van der Waals surface area (Å²) in [5.74, 6) is -0.154. The van der Waals surface area contributed by atoms with Crippen molar-refractivity contribution >= 4 is 27.3 Å². The molecule has 1 atom stereocenters. The lowest BCUT2D eigenvalue weighted by molar-refractivity contribution is -0.119. The Morgan fingerprint density at radius 1 is 0.970 bits per heavy atom. The molecule has 0 saturated carbocycles. The summed E-state index contributed by atoms with van der Waals surface area (Å²) in [5.41, 5.74) is 3.18. The van der Waals surface area contributed by atoms with Crippen molar-refractivity contribution in [3.05, 3.63) is 60.2 Å². The van der Waals surface area contributed by atoms with Crippen LogP contribution in [0, 0.1) is 0 Å². The molecule has 2 aliphatic rings. The molecule has 1 amide bonds. The van der Waals surface area contributed by atoms with Gasteiger partial charge in [0, 0.05) is 50.6 Å². The summed E-state index contributed by atoms with van der Waals surface area (Å²) in [6.45, 7) is 7.19. The van der Waals surface area contributed by atoms with E-state index in [1.54, 1.807) is 0 Å². The van der Waals surface area contributed by atoms with Crippen LogP contribution in [-0.2, 0) is 21.4 Å². The summed E-state index contributed by atoms with van der Waals surface area (Å²) >= 11 is 0. The smallest absolute Gasteiger partial charge is 0.242 e. The largest absolute Gasteiger partial charge is 0.369 e. The Morgan fingerprint density at radius 2 is 1.67 bits per heavy atom. The van der Waals surface area contributed by atoms with Crippen molar-refractivity contribution in [2.45, 2.75) is 38.8 Å². The predicted octanol–water partition coefficient (Wildman–Crippen LogP) is 3.15. The van der Waals surface area contributed by atoms with Gasteiger partial charge in [-0.2, -0.15) is 4.31 Å². The Morgan fingerprint density at radius 3 is 2.33 bits per heavy atom. The van der Waals surface area contributed by atoms with Crippen LogP contribution in [0.2, 0.25) is 0 Å². The first-order chi connectivity index (χ1) is 16.0. The minimum atomic E-state index is -3.38. The molecule has 1 unspecified atom stereocenters. The molecule has 4 rings (SSSR count). The highest BCUT2D eigenvalue weighted by atomic mass is 32.2. The fourth-order valence-corrected chi connectivity index (χ4v) is 6.44. The van der Waals surface area contributed by atoms with Gasteiger partial charge >= 0.3 is 0 Å². The molecule has 0 aromatic heterocycles. The van der Waals surface area contributed by atoms with Crippen LogP contribution in [0.4, 0.5) is 11.4 Å². The molecule has 2 saturated heterocycles. The number of amides is 1.